The molecule has 12 heteroatoms. The summed E-state index contributed by atoms with van der Waals surface area (Å²) >= 11 is 8.28. The van der Waals surface area contributed by atoms with Gasteiger partial charge in [0.15, 0.2) is 18.1 Å². The standard InChI is InChI=1S/C28H26ClN3O6S2/c1-37-19-13-15(5-10-18(19)38-14-20(33)31-11-3-2-4-12-31)21-22-24(39-25-23(21)40-28(36)30-25)27(35)32(26(22)34)17-8-6-16(29)7-9-17/h5-10,13,21-22,24H,2-4,11-12,14H2,1H3,(H,30,36)/t21-,22?,24?/m1/s1. The van der Waals surface area contributed by atoms with Gasteiger partial charge in [0, 0.05) is 28.9 Å². The summed E-state index contributed by atoms with van der Waals surface area (Å²) in [6, 6.07) is 11.8. The van der Waals surface area contributed by atoms with Gasteiger partial charge in [-0.05, 0) is 61.2 Å². The Labute approximate surface area is 243 Å². The third kappa shape index (κ3) is 4.80. The smallest absolute Gasteiger partial charge is 0.305 e. The number of ether oxygens (including phenoxy) is 2. The van der Waals surface area contributed by atoms with E-state index in [-0.39, 0.29) is 29.2 Å². The summed E-state index contributed by atoms with van der Waals surface area (Å²) in [7, 11) is 1.50. The maximum absolute atomic E-state index is 13.9. The van der Waals surface area contributed by atoms with E-state index in [2.05, 4.69) is 4.98 Å². The number of rotatable bonds is 6. The van der Waals surface area contributed by atoms with Gasteiger partial charge in [-0.25, -0.2) is 4.90 Å². The van der Waals surface area contributed by atoms with Crippen LogP contribution in [-0.4, -0.2) is 59.7 Å². The number of fused-ring (bicyclic) bond motifs is 2. The average molecular weight is 600 g/mol. The lowest BCUT2D eigenvalue weighted by atomic mass is 9.83. The van der Waals surface area contributed by atoms with E-state index in [0.717, 1.165) is 43.7 Å². The van der Waals surface area contributed by atoms with Crippen LogP contribution >= 0.6 is 34.7 Å². The number of carbonyl (C=O) groups is 3. The lowest BCUT2D eigenvalue weighted by Gasteiger charge is -2.30. The number of hydrogen-bond acceptors (Lipinski definition) is 8. The van der Waals surface area contributed by atoms with Gasteiger partial charge in [-0.3, -0.25) is 19.2 Å². The topological polar surface area (TPSA) is 109 Å². The van der Waals surface area contributed by atoms with Crippen molar-refractivity contribution in [2.75, 3.05) is 31.7 Å². The number of likely N-dealkylation sites (tertiary alicyclic amines) is 1. The molecule has 1 N–H and O–H groups in total. The summed E-state index contributed by atoms with van der Waals surface area (Å²) in [4.78, 5) is 58.7. The summed E-state index contributed by atoms with van der Waals surface area (Å²) in [5.74, 6) is -1.24. The zero-order valence-electron chi connectivity index (χ0n) is 21.6. The summed E-state index contributed by atoms with van der Waals surface area (Å²) < 4.78 is 11.5. The van der Waals surface area contributed by atoms with Crippen molar-refractivity contribution >= 4 is 58.1 Å². The number of benzene rings is 2. The Bertz CT molecular complexity index is 1530. The molecule has 2 saturated heterocycles. The molecule has 4 heterocycles. The highest BCUT2D eigenvalue weighted by Gasteiger charge is 2.56. The van der Waals surface area contributed by atoms with Crippen LogP contribution in [0.3, 0.4) is 0 Å². The van der Waals surface area contributed by atoms with Gasteiger partial charge in [0.2, 0.25) is 11.8 Å². The molecular weight excluding hydrogens is 574 g/mol. The number of piperidine rings is 1. The van der Waals surface area contributed by atoms with Crippen molar-refractivity contribution in [2.45, 2.75) is 35.5 Å². The van der Waals surface area contributed by atoms with Crippen molar-refractivity contribution < 1.29 is 23.9 Å². The Hall–Kier alpha value is -3.28. The van der Waals surface area contributed by atoms with Crippen LogP contribution in [-0.2, 0) is 14.4 Å². The molecule has 0 spiro atoms. The number of nitrogens with one attached hydrogen (secondary N) is 1. The minimum absolute atomic E-state index is 0.0722. The Kier molecular flexibility index (Phi) is 7.37. The van der Waals surface area contributed by atoms with E-state index in [1.54, 1.807) is 42.5 Å². The highest BCUT2D eigenvalue weighted by atomic mass is 35.5. The molecule has 3 aromatic rings. The molecule has 2 aromatic carbocycles. The Morgan fingerprint density at radius 1 is 1.02 bits per heavy atom. The Morgan fingerprint density at radius 3 is 2.50 bits per heavy atom. The number of halogens is 1. The van der Waals surface area contributed by atoms with Gasteiger partial charge in [-0.15, -0.1) is 0 Å². The van der Waals surface area contributed by atoms with E-state index in [1.165, 1.54) is 23.8 Å². The number of methoxy groups -OCH3 is 1. The molecule has 9 nitrogen and oxygen atoms in total. The fourth-order valence-corrected chi connectivity index (χ4v) is 8.23. The average Bonchev–Trinajstić information content (AvgIpc) is 3.46. The number of aromatic nitrogens is 1. The van der Waals surface area contributed by atoms with Crippen molar-refractivity contribution in [1.29, 1.82) is 0 Å². The van der Waals surface area contributed by atoms with Crippen LogP contribution in [0.2, 0.25) is 5.02 Å². The second-order valence-electron chi connectivity index (χ2n) is 9.88. The van der Waals surface area contributed by atoms with Gasteiger partial charge in [0.1, 0.15) is 5.25 Å². The highest BCUT2D eigenvalue weighted by Crippen LogP contribution is 2.53. The summed E-state index contributed by atoms with van der Waals surface area (Å²) in [6.07, 6.45) is 3.12. The maximum Gasteiger partial charge on any atom is 0.305 e. The molecule has 0 saturated carbocycles. The zero-order chi connectivity index (χ0) is 28.0. The van der Waals surface area contributed by atoms with Gasteiger partial charge >= 0.3 is 4.87 Å². The van der Waals surface area contributed by atoms with Gasteiger partial charge < -0.3 is 19.4 Å². The molecule has 3 atom stereocenters. The second kappa shape index (κ2) is 10.9. The molecule has 2 unspecified atom stereocenters. The Balaban J connectivity index is 1.32. The van der Waals surface area contributed by atoms with Gasteiger partial charge in [-0.2, -0.15) is 0 Å². The molecule has 2 fully saturated rings. The molecule has 3 amide bonds. The molecule has 1 aromatic heterocycles. The van der Waals surface area contributed by atoms with E-state index >= 15 is 0 Å². The molecule has 0 bridgehead atoms. The normalized spacial score (nSPS) is 22.2. The first kappa shape index (κ1) is 26.9. The van der Waals surface area contributed by atoms with E-state index in [4.69, 9.17) is 21.1 Å². The molecule has 3 aliphatic heterocycles. The fourth-order valence-electron chi connectivity index (χ4n) is 5.59. The van der Waals surface area contributed by atoms with Crippen LogP contribution in [0.5, 0.6) is 11.5 Å². The number of amides is 3. The van der Waals surface area contributed by atoms with E-state index in [0.29, 0.717) is 37.7 Å². The number of aromatic amines is 1. The minimum Gasteiger partial charge on any atom is -0.493 e. The number of nitrogens with zero attached hydrogens (tertiary/aromatic N) is 2. The van der Waals surface area contributed by atoms with E-state index < -0.39 is 17.1 Å². The van der Waals surface area contributed by atoms with Gasteiger partial charge in [-0.1, -0.05) is 40.8 Å². The summed E-state index contributed by atoms with van der Waals surface area (Å²) in [5.41, 5.74) is 1.15. The van der Waals surface area contributed by atoms with Crippen LogP contribution in [0.15, 0.2) is 52.3 Å². The SMILES string of the molecule is COc1cc([C@H]2c3sc(=O)[nH]c3SC3C(=O)N(c4ccc(Cl)cc4)C(=O)C32)ccc1OCC(=O)N1CCCCC1. The summed E-state index contributed by atoms with van der Waals surface area (Å²) in [6.45, 7) is 1.37. The first-order valence-electron chi connectivity index (χ1n) is 13.0. The fraction of sp³-hybridized carbons (Fsp3) is 0.357. The van der Waals surface area contributed by atoms with Crippen LogP contribution < -0.4 is 19.2 Å². The molecular formula is C28H26ClN3O6S2. The number of H-pyrrole nitrogens is 1. The van der Waals surface area contributed by atoms with Crippen molar-refractivity contribution in [1.82, 2.24) is 9.88 Å². The van der Waals surface area contributed by atoms with Crippen molar-refractivity contribution in [3.05, 3.63) is 67.6 Å². The number of anilines is 1. The molecule has 0 aliphatic carbocycles. The van der Waals surface area contributed by atoms with E-state index in [9.17, 15) is 19.2 Å². The van der Waals surface area contributed by atoms with Crippen LogP contribution in [0.25, 0.3) is 0 Å². The third-order valence-corrected chi connectivity index (χ3v) is 10.2. The molecule has 208 valence electrons. The molecule has 0 radical (unpaired) electrons. The lowest BCUT2D eigenvalue weighted by Crippen LogP contribution is -2.38. The molecule has 6 rings (SSSR count). The minimum atomic E-state index is -0.732. The number of thioether (sulfide) groups is 1. The zero-order valence-corrected chi connectivity index (χ0v) is 23.9. The Morgan fingerprint density at radius 2 is 1.77 bits per heavy atom. The van der Waals surface area contributed by atoms with Gasteiger partial charge in [0.05, 0.1) is 23.7 Å². The maximum atomic E-state index is 13.9. The first-order valence-corrected chi connectivity index (χ1v) is 15.0. The third-order valence-electron chi connectivity index (χ3n) is 7.52. The monoisotopic (exact) mass is 599 g/mol. The molecule has 3 aliphatic rings. The highest BCUT2D eigenvalue weighted by molar-refractivity contribution is 8.00. The largest absolute Gasteiger partial charge is 0.493 e. The van der Waals surface area contributed by atoms with Crippen molar-refractivity contribution in [3.8, 4) is 11.5 Å². The quantitative estimate of drug-likeness (QED) is 0.421. The lowest BCUT2D eigenvalue weighted by molar-refractivity contribution is -0.134. The summed E-state index contributed by atoms with van der Waals surface area (Å²) in [5, 5.41) is 0.376. The van der Waals surface area contributed by atoms with Crippen LogP contribution in [0.4, 0.5) is 5.69 Å². The number of carbonyl (C=O) groups excluding carboxylic acids is 3. The number of thiazole rings is 1. The second-order valence-corrected chi connectivity index (χ2v) is 12.5. The predicted molar refractivity (Wildman–Crippen MR) is 153 cm³/mol. The first-order chi connectivity index (χ1) is 19.4. The molecule has 40 heavy (non-hydrogen) atoms. The van der Waals surface area contributed by atoms with Gasteiger partial charge in [0.25, 0.3) is 5.91 Å². The van der Waals surface area contributed by atoms with Crippen LogP contribution in [0, 0.1) is 5.92 Å². The predicted octanol–water partition coefficient (Wildman–Crippen LogP) is 4.29. The van der Waals surface area contributed by atoms with E-state index in [1.807, 2.05) is 4.90 Å². The number of imide groups is 1. The van der Waals surface area contributed by atoms with Crippen LogP contribution in [0.1, 0.15) is 35.6 Å². The van der Waals surface area contributed by atoms with Crippen molar-refractivity contribution in [2.24, 2.45) is 5.92 Å². The number of hydrogen-bond donors (Lipinski definition) is 1. The van der Waals surface area contributed by atoms with Crippen molar-refractivity contribution in [3.63, 3.8) is 0 Å².